The molecule has 2 aromatic carbocycles. The highest BCUT2D eigenvalue weighted by molar-refractivity contribution is 5.54. The fourth-order valence-electron chi connectivity index (χ4n) is 3.57. The van der Waals surface area contributed by atoms with Gasteiger partial charge < -0.3 is 14.4 Å². The molecule has 1 N–H and O–H groups in total. The summed E-state index contributed by atoms with van der Waals surface area (Å²) in [5.41, 5.74) is 0.732. The van der Waals surface area contributed by atoms with Gasteiger partial charge in [0.15, 0.2) is 0 Å². The second-order valence-electron chi connectivity index (χ2n) is 7.21. The molecule has 4 rings (SSSR count). The van der Waals surface area contributed by atoms with Gasteiger partial charge in [-0.3, -0.25) is 4.90 Å². The Kier molecular flexibility index (Phi) is 5.48. The Bertz CT molecular complexity index is 987. The van der Waals surface area contributed by atoms with Crippen LogP contribution < -0.4 is 4.74 Å². The molecular formula is C21H20F3N3O3. The van der Waals surface area contributed by atoms with Gasteiger partial charge in [-0.1, -0.05) is 29.4 Å². The van der Waals surface area contributed by atoms with Crippen LogP contribution in [0.15, 0.2) is 53.1 Å². The first kappa shape index (κ1) is 20.4. The second kappa shape index (κ2) is 8.08. The van der Waals surface area contributed by atoms with Gasteiger partial charge in [0.25, 0.3) is 0 Å². The number of alkyl halides is 3. The van der Waals surface area contributed by atoms with Gasteiger partial charge in [-0.25, -0.2) is 0 Å². The molecule has 158 valence electrons. The minimum absolute atomic E-state index is 0.213. The first-order valence-corrected chi connectivity index (χ1v) is 9.40. The smallest absolute Gasteiger partial charge is 0.416 e. The van der Waals surface area contributed by atoms with Crippen LogP contribution in [0.1, 0.15) is 29.5 Å². The van der Waals surface area contributed by atoms with E-state index < -0.39 is 17.8 Å². The van der Waals surface area contributed by atoms with Gasteiger partial charge >= 0.3 is 6.18 Å². The molecule has 0 amide bonds. The average Bonchev–Trinajstić information content (AvgIpc) is 3.35. The quantitative estimate of drug-likeness (QED) is 0.672. The van der Waals surface area contributed by atoms with E-state index >= 15 is 0 Å². The Balaban J connectivity index is 1.51. The Morgan fingerprint density at radius 2 is 1.83 bits per heavy atom. The fraction of sp³-hybridized carbons (Fsp3) is 0.333. The number of likely N-dealkylation sites (tertiary alicyclic amines) is 1. The van der Waals surface area contributed by atoms with E-state index in [0.29, 0.717) is 31.0 Å². The Morgan fingerprint density at radius 1 is 1.13 bits per heavy atom. The van der Waals surface area contributed by atoms with Crippen LogP contribution in [0, 0.1) is 0 Å². The molecule has 3 aromatic rings. The Hall–Kier alpha value is -2.91. The minimum Gasteiger partial charge on any atom is -0.497 e. The lowest BCUT2D eigenvalue weighted by Gasteiger charge is -2.21. The highest BCUT2D eigenvalue weighted by Gasteiger charge is 2.36. The van der Waals surface area contributed by atoms with Gasteiger partial charge in [0, 0.05) is 18.7 Å². The number of aliphatic hydroxyl groups excluding tert-OH is 1. The summed E-state index contributed by atoms with van der Waals surface area (Å²) in [6, 6.07) is 12.0. The summed E-state index contributed by atoms with van der Waals surface area (Å²) < 4.78 is 48.8. The zero-order valence-electron chi connectivity index (χ0n) is 16.1. The summed E-state index contributed by atoms with van der Waals surface area (Å²) in [6.45, 7) is 1.03. The SMILES string of the molecule is COc1ccc(CN2C[C@H](O)C[C@H]2c2nc(-c3ccc(C(F)(F)F)cc3)no2)cc1. The van der Waals surface area contributed by atoms with E-state index in [-0.39, 0.29) is 11.9 Å². The molecule has 9 heteroatoms. The Labute approximate surface area is 170 Å². The van der Waals surface area contributed by atoms with Crippen molar-refractivity contribution in [1.82, 2.24) is 15.0 Å². The van der Waals surface area contributed by atoms with E-state index in [1.54, 1.807) is 7.11 Å². The van der Waals surface area contributed by atoms with Crippen molar-refractivity contribution in [1.29, 1.82) is 0 Å². The highest BCUT2D eigenvalue weighted by Crippen LogP contribution is 2.34. The molecule has 1 fully saturated rings. The van der Waals surface area contributed by atoms with Crippen molar-refractivity contribution in [2.75, 3.05) is 13.7 Å². The third-order valence-corrected chi connectivity index (χ3v) is 5.12. The fourth-order valence-corrected chi connectivity index (χ4v) is 3.57. The van der Waals surface area contributed by atoms with Crippen LogP contribution in [0.4, 0.5) is 13.2 Å². The number of aliphatic hydroxyl groups is 1. The normalized spacial score (nSPS) is 19.9. The van der Waals surface area contributed by atoms with Crippen molar-refractivity contribution in [3.05, 3.63) is 65.5 Å². The number of benzene rings is 2. The molecule has 0 spiro atoms. The molecule has 30 heavy (non-hydrogen) atoms. The number of methoxy groups -OCH3 is 1. The number of hydrogen-bond acceptors (Lipinski definition) is 6. The van der Waals surface area contributed by atoms with E-state index in [9.17, 15) is 18.3 Å². The number of β-amino-alcohol motifs (C(OH)–C–C–N with tert-alkyl or cyclic N) is 1. The standard InChI is InChI=1S/C21H20F3N3O3/c1-29-17-8-2-13(3-9-17)11-27-12-16(28)10-18(27)20-25-19(26-30-20)14-4-6-15(7-5-14)21(22,23)24/h2-9,16,18,28H,10-12H2,1H3/t16-,18+/m1/s1. The van der Waals surface area contributed by atoms with Gasteiger partial charge in [0.05, 0.1) is 24.8 Å². The topological polar surface area (TPSA) is 71.6 Å². The molecule has 0 aliphatic carbocycles. The summed E-state index contributed by atoms with van der Waals surface area (Å²) in [6.07, 6.45) is -4.50. The lowest BCUT2D eigenvalue weighted by molar-refractivity contribution is -0.137. The largest absolute Gasteiger partial charge is 0.497 e. The van der Waals surface area contributed by atoms with Crippen LogP contribution in [-0.4, -0.2) is 39.9 Å². The third kappa shape index (κ3) is 4.31. The zero-order valence-corrected chi connectivity index (χ0v) is 16.1. The summed E-state index contributed by atoms with van der Waals surface area (Å²) >= 11 is 0. The van der Waals surface area contributed by atoms with Gasteiger partial charge in [0.2, 0.25) is 11.7 Å². The van der Waals surface area contributed by atoms with E-state index in [1.165, 1.54) is 12.1 Å². The molecule has 0 saturated carbocycles. The lowest BCUT2D eigenvalue weighted by Crippen LogP contribution is -2.24. The predicted octanol–water partition coefficient (Wildman–Crippen LogP) is 4.07. The van der Waals surface area contributed by atoms with Crippen LogP contribution in [0.5, 0.6) is 5.75 Å². The molecule has 1 aliphatic rings. The number of rotatable bonds is 5. The van der Waals surface area contributed by atoms with Crippen molar-refractivity contribution < 1.29 is 27.5 Å². The molecule has 2 atom stereocenters. The second-order valence-corrected chi connectivity index (χ2v) is 7.21. The maximum Gasteiger partial charge on any atom is 0.416 e. The predicted molar refractivity (Wildman–Crippen MR) is 102 cm³/mol. The molecular weight excluding hydrogens is 399 g/mol. The molecule has 1 aromatic heterocycles. The molecule has 0 unspecified atom stereocenters. The first-order valence-electron chi connectivity index (χ1n) is 9.40. The van der Waals surface area contributed by atoms with Crippen LogP contribution in [0.3, 0.4) is 0 Å². The number of hydrogen-bond donors (Lipinski definition) is 1. The van der Waals surface area contributed by atoms with Gasteiger partial charge in [0.1, 0.15) is 5.75 Å². The van der Waals surface area contributed by atoms with E-state index in [2.05, 4.69) is 10.1 Å². The van der Waals surface area contributed by atoms with Crippen molar-refractivity contribution >= 4 is 0 Å². The van der Waals surface area contributed by atoms with Gasteiger partial charge in [-0.05, 0) is 36.2 Å². The molecule has 0 bridgehead atoms. The van der Waals surface area contributed by atoms with Crippen molar-refractivity contribution in [3.63, 3.8) is 0 Å². The average molecular weight is 419 g/mol. The van der Waals surface area contributed by atoms with Crippen molar-refractivity contribution in [2.24, 2.45) is 0 Å². The molecule has 1 aliphatic heterocycles. The maximum absolute atomic E-state index is 12.7. The van der Waals surface area contributed by atoms with Gasteiger partial charge in [-0.15, -0.1) is 0 Å². The van der Waals surface area contributed by atoms with Crippen molar-refractivity contribution in [2.45, 2.75) is 31.3 Å². The monoisotopic (exact) mass is 419 g/mol. The van der Waals surface area contributed by atoms with Crippen LogP contribution in [0.2, 0.25) is 0 Å². The van der Waals surface area contributed by atoms with E-state index in [4.69, 9.17) is 9.26 Å². The molecule has 2 heterocycles. The number of aromatic nitrogens is 2. The highest BCUT2D eigenvalue weighted by atomic mass is 19.4. The minimum atomic E-state index is -4.40. The third-order valence-electron chi connectivity index (χ3n) is 5.12. The molecule has 6 nitrogen and oxygen atoms in total. The van der Waals surface area contributed by atoms with Crippen LogP contribution in [-0.2, 0) is 12.7 Å². The molecule has 1 saturated heterocycles. The first-order chi connectivity index (χ1) is 14.3. The number of halogens is 3. The van der Waals surface area contributed by atoms with E-state index in [0.717, 1.165) is 23.4 Å². The number of ether oxygens (including phenoxy) is 1. The summed E-state index contributed by atoms with van der Waals surface area (Å²) in [7, 11) is 1.60. The van der Waals surface area contributed by atoms with Crippen LogP contribution >= 0.6 is 0 Å². The molecule has 0 radical (unpaired) electrons. The summed E-state index contributed by atoms with van der Waals surface area (Å²) in [5.74, 6) is 1.30. The zero-order chi connectivity index (χ0) is 21.3. The van der Waals surface area contributed by atoms with Gasteiger partial charge in [-0.2, -0.15) is 18.2 Å². The Morgan fingerprint density at radius 3 is 2.47 bits per heavy atom. The lowest BCUT2D eigenvalue weighted by atomic mass is 10.1. The van der Waals surface area contributed by atoms with Crippen LogP contribution in [0.25, 0.3) is 11.4 Å². The summed E-state index contributed by atoms with van der Waals surface area (Å²) in [4.78, 5) is 6.41. The van der Waals surface area contributed by atoms with E-state index in [1.807, 2.05) is 29.2 Å². The summed E-state index contributed by atoms with van der Waals surface area (Å²) in [5, 5.41) is 14.1. The number of nitrogens with zero attached hydrogens (tertiary/aromatic N) is 3. The maximum atomic E-state index is 12.7. The van der Waals surface area contributed by atoms with Crippen molar-refractivity contribution in [3.8, 4) is 17.1 Å².